The topological polar surface area (TPSA) is 78.9 Å². The number of hydrogen-bond acceptors (Lipinski definition) is 5. The number of carbonyl (C=O) groups excluding carboxylic acids is 2. The number of benzene rings is 2. The van der Waals surface area contributed by atoms with Crippen molar-refractivity contribution in [3.8, 4) is 11.1 Å². The van der Waals surface area contributed by atoms with E-state index in [2.05, 4.69) is 5.32 Å². The zero-order valence-corrected chi connectivity index (χ0v) is 15.4. The number of nitrogens with one attached hydrogen (secondary N) is 1. The zero-order valence-electron chi connectivity index (χ0n) is 15.4. The van der Waals surface area contributed by atoms with E-state index in [4.69, 9.17) is 9.84 Å². The van der Waals surface area contributed by atoms with Gasteiger partial charge < -0.3 is 20.1 Å². The first-order valence-electron chi connectivity index (χ1n) is 8.70. The van der Waals surface area contributed by atoms with Gasteiger partial charge in [-0.15, -0.1) is 0 Å². The number of aliphatic hydroxyl groups is 1. The van der Waals surface area contributed by atoms with Gasteiger partial charge in [-0.2, -0.15) is 0 Å². The summed E-state index contributed by atoms with van der Waals surface area (Å²) in [6, 6.07) is 15.9. The third kappa shape index (κ3) is 3.85. The molecule has 3 rings (SSSR count). The Bertz CT molecular complexity index is 890. The third-order valence-electron chi connectivity index (χ3n) is 4.55. The van der Waals surface area contributed by atoms with Gasteiger partial charge in [0.15, 0.2) is 0 Å². The summed E-state index contributed by atoms with van der Waals surface area (Å²) in [5, 5.41) is 12.2. The molecule has 0 bridgehead atoms. The molecule has 0 atom stereocenters. The van der Waals surface area contributed by atoms with E-state index in [0.717, 1.165) is 22.4 Å². The highest BCUT2D eigenvalue weighted by Crippen LogP contribution is 2.28. The lowest BCUT2D eigenvalue weighted by Crippen LogP contribution is -2.31. The highest BCUT2D eigenvalue weighted by molar-refractivity contribution is 6.08. The van der Waals surface area contributed by atoms with Crippen LogP contribution in [0.2, 0.25) is 0 Å². The summed E-state index contributed by atoms with van der Waals surface area (Å²) < 4.78 is 4.81. The maximum absolute atomic E-state index is 12.6. The average molecular weight is 366 g/mol. The lowest BCUT2D eigenvalue weighted by molar-refractivity contribution is -0.136. The molecule has 0 aliphatic carbocycles. The predicted octanol–water partition coefficient (Wildman–Crippen LogP) is 2.34. The Labute approximate surface area is 158 Å². The number of nitrogens with zero attached hydrogens (tertiary/aromatic N) is 1. The number of aryl methyl sites for hydroxylation is 1. The molecule has 0 saturated carbocycles. The minimum atomic E-state index is -0.551. The van der Waals surface area contributed by atoms with Gasteiger partial charge in [0.25, 0.3) is 5.91 Å². The van der Waals surface area contributed by atoms with Crippen LogP contribution in [0.3, 0.4) is 0 Å². The Balaban J connectivity index is 1.90. The fourth-order valence-electron chi connectivity index (χ4n) is 3.10. The lowest BCUT2D eigenvalue weighted by Gasteiger charge is -2.16. The Hall–Kier alpha value is -3.12. The van der Waals surface area contributed by atoms with Crippen LogP contribution in [0.25, 0.3) is 11.1 Å². The Morgan fingerprint density at radius 3 is 2.56 bits per heavy atom. The minimum Gasteiger partial charge on any atom is -0.466 e. The third-order valence-corrected chi connectivity index (χ3v) is 4.55. The molecule has 2 aromatic rings. The average Bonchev–Trinajstić information content (AvgIpc) is 2.99. The SMILES string of the molecule is COC(=O)C1=C(Nc2ccc(-c3ccccc3)cc2C)C(=O)N(CCO)C1. The molecule has 0 spiro atoms. The van der Waals surface area contributed by atoms with Crippen molar-refractivity contribution in [1.82, 2.24) is 4.90 Å². The Morgan fingerprint density at radius 2 is 1.93 bits per heavy atom. The highest BCUT2D eigenvalue weighted by Gasteiger charge is 2.34. The standard InChI is InChI=1S/C21H22N2O4/c1-14-12-16(15-6-4-3-5-7-15)8-9-18(14)22-19-17(21(26)27-2)13-23(10-11-24)20(19)25/h3-9,12,22,24H,10-11,13H2,1-2H3. The predicted molar refractivity (Wildman–Crippen MR) is 103 cm³/mol. The van der Waals surface area contributed by atoms with Crippen molar-refractivity contribution >= 4 is 17.6 Å². The zero-order chi connectivity index (χ0) is 19.4. The van der Waals surface area contributed by atoms with Crippen LogP contribution in [-0.4, -0.2) is 48.7 Å². The first-order valence-corrected chi connectivity index (χ1v) is 8.70. The highest BCUT2D eigenvalue weighted by atomic mass is 16.5. The second-order valence-electron chi connectivity index (χ2n) is 6.32. The Morgan fingerprint density at radius 1 is 1.19 bits per heavy atom. The van der Waals surface area contributed by atoms with Crippen molar-refractivity contribution < 1.29 is 19.4 Å². The van der Waals surface area contributed by atoms with Crippen molar-refractivity contribution in [2.24, 2.45) is 0 Å². The van der Waals surface area contributed by atoms with E-state index >= 15 is 0 Å². The van der Waals surface area contributed by atoms with Gasteiger partial charge >= 0.3 is 5.97 Å². The molecule has 0 aromatic heterocycles. The smallest absolute Gasteiger partial charge is 0.337 e. The molecule has 140 valence electrons. The van der Waals surface area contributed by atoms with E-state index in [9.17, 15) is 9.59 Å². The van der Waals surface area contributed by atoms with Crippen LogP contribution in [0.1, 0.15) is 5.56 Å². The molecule has 0 saturated heterocycles. The molecule has 1 amide bonds. The summed E-state index contributed by atoms with van der Waals surface area (Å²) in [5.74, 6) is -0.874. The number of rotatable bonds is 6. The maximum atomic E-state index is 12.6. The summed E-state index contributed by atoms with van der Waals surface area (Å²) in [4.78, 5) is 26.1. The fraction of sp³-hybridized carbons (Fsp3) is 0.238. The lowest BCUT2D eigenvalue weighted by atomic mass is 10.0. The fourth-order valence-corrected chi connectivity index (χ4v) is 3.10. The molecule has 1 aliphatic rings. The minimum absolute atomic E-state index is 0.121. The van der Waals surface area contributed by atoms with E-state index in [1.54, 1.807) is 0 Å². The quantitative estimate of drug-likeness (QED) is 0.767. The molecule has 2 aromatic carbocycles. The van der Waals surface area contributed by atoms with Crippen LogP contribution in [0.4, 0.5) is 5.69 Å². The van der Waals surface area contributed by atoms with Crippen LogP contribution in [-0.2, 0) is 14.3 Å². The van der Waals surface area contributed by atoms with Crippen molar-refractivity contribution in [3.05, 3.63) is 65.4 Å². The van der Waals surface area contributed by atoms with Crippen LogP contribution in [0.15, 0.2) is 59.8 Å². The van der Waals surface area contributed by atoms with E-state index in [0.29, 0.717) is 0 Å². The van der Waals surface area contributed by atoms with Crippen molar-refractivity contribution in [2.45, 2.75) is 6.92 Å². The van der Waals surface area contributed by atoms with Crippen molar-refractivity contribution in [1.29, 1.82) is 0 Å². The van der Waals surface area contributed by atoms with Gasteiger partial charge in [0.05, 0.1) is 25.8 Å². The number of esters is 1. The summed E-state index contributed by atoms with van der Waals surface area (Å²) in [5.41, 5.74) is 4.33. The molecule has 2 N–H and O–H groups in total. The molecule has 1 aliphatic heterocycles. The molecular formula is C21H22N2O4. The monoisotopic (exact) mass is 366 g/mol. The van der Waals surface area contributed by atoms with Crippen LogP contribution in [0.5, 0.6) is 0 Å². The molecule has 1 heterocycles. The number of amides is 1. The van der Waals surface area contributed by atoms with E-state index < -0.39 is 5.97 Å². The van der Waals surface area contributed by atoms with Gasteiger partial charge in [-0.1, -0.05) is 36.4 Å². The summed E-state index contributed by atoms with van der Waals surface area (Å²) in [6.45, 7) is 2.06. The number of aliphatic hydroxyl groups excluding tert-OH is 1. The van der Waals surface area contributed by atoms with Gasteiger partial charge in [-0.25, -0.2) is 4.79 Å². The Kier molecular flexibility index (Phi) is 5.57. The van der Waals surface area contributed by atoms with E-state index in [1.807, 2.05) is 55.5 Å². The van der Waals surface area contributed by atoms with Gasteiger partial charge in [0.2, 0.25) is 0 Å². The van der Waals surface area contributed by atoms with Gasteiger partial charge in [-0.3, -0.25) is 4.79 Å². The molecule has 0 unspecified atom stereocenters. The van der Waals surface area contributed by atoms with E-state index in [-0.39, 0.29) is 36.9 Å². The number of carbonyl (C=O) groups is 2. The number of hydrogen-bond donors (Lipinski definition) is 2. The van der Waals surface area contributed by atoms with Gasteiger partial charge in [0, 0.05) is 12.2 Å². The molecular weight excluding hydrogens is 344 g/mol. The normalized spacial score (nSPS) is 13.9. The molecule has 6 heteroatoms. The van der Waals surface area contributed by atoms with Gasteiger partial charge in [0.1, 0.15) is 5.70 Å². The first kappa shape index (κ1) is 18.7. The van der Waals surface area contributed by atoms with Gasteiger partial charge in [-0.05, 0) is 35.7 Å². The molecule has 0 fully saturated rings. The summed E-state index contributed by atoms with van der Waals surface area (Å²) >= 11 is 0. The number of ether oxygens (including phenoxy) is 1. The number of β-amino-alcohol motifs (C(OH)–C–C–N with tert-alkyl or cyclic N) is 1. The van der Waals surface area contributed by atoms with E-state index in [1.165, 1.54) is 12.0 Å². The molecule has 27 heavy (non-hydrogen) atoms. The second-order valence-corrected chi connectivity index (χ2v) is 6.32. The maximum Gasteiger partial charge on any atom is 0.337 e. The summed E-state index contributed by atoms with van der Waals surface area (Å²) in [6.07, 6.45) is 0. The summed E-state index contributed by atoms with van der Waals surface area (Å²) in [7, 11) is 1.28. The van der Waals surface area contributed by atoms with Crippen molar-refractivity contribution in [3.63, 3.8) is 0 Å². The van der Waals surface area contributed by atoms with Crippen LogP contribution >= 0.6 is 0 Å². The molecule has 0 radical (unpaired) electrons. The first-order chi connectivity index (χ1) is 13.0. The number of anilines is 1. The molecule has 6 nitrogen and oxygen atoms in total. The second kappa shape index (κ2) is 8.05. The van der Waals surface area contributed by atoms with Crippen molar-refractivity contribution in [2.75, 3.05) is 32.1 Å². The van der Waals surface area contributed by atoms with Crippen LogP contribution < -0.4 is 5.32 Å². The largest absolute Gasteiger partial charge is 0.466 e. The number of methoxy groups -OCH3 is 1. The van der Waals surface area contributed by atoms with Crippen LogP contribution in [0, 0.1) is 6.92 Å².